The molecule has 0 radical (unpaired) electrons. The molecular weight excluding hydrogens is 453 g/mol. The normalized spacial score (nSPS) is 11.8. The van der Waals surface area contributed by atoms with Crippen molar-refractivity contribution in [2.45, 2.75) is 31.3 Å². The van der Waals surface area contributed by atoms with E-state index in [0.717, 1.165) is 34.0 Å². The maximum atomic E-state index is 13.4. The number of aryl methyl sites for hydroxylation is 2. The van der Waals surface area contributed by atoms with Gasteiger partial charge in [-0.25, -0.2) is 8.42 Å². The van der Waals surface area contributed by atoms with Crippen LogP contribution >= 0.6 is 0 Å². The first kappa shape index (κ1) is 24.3. The Balaban J connectivity index is 1.96. The van der Waals surface area contributed by atoms with Crippen LogP contribution in [0.1, 0.15) is 23.6 Å². The van der Waals surface area contributed by atoms with Crippen LogP contribution in [0.15, 0.2) is 77.7 Å². The largest absolute Gasteiger partial charge is 0.418 e. The highest BCUT2D eigenvalue weighted by atomic mass is 32.2. The lowest BCUT2D eigenvalue weighted by Gasteiger charge is -2.25. The average molecular weight is 477 g/mol. The van der Waals surface area contributed by atoms with Gasteiger partial charge in [-0.1, -0.05) is 48.9 Å². The number of hydrogen-bond acceptors (Lipinski definition) is 3. The minimum Gasteiger partial charge on any atom is -0.324 e. The molecule has 1 N–H and O–H groups in total. The molecule has 3 rings (SSSR count). The number of amides is 1. The molecule has 3 aromatic carbocycles. The number of nitrogens with zero attached hydrogens (tertiary/aromatic N) is 1. The van der Waals surface area contributed by atoms with Crippen molar-refractivity contribution in [3.63, 3.8) is 0 Å². The number of halogens is 3. The molecule has 0 unspecified atom stereocenters. The Morgan fingerprint density at radius 3 is 2.12 bits per heavy atom. The van der Waals surface area contributed by atoms with E-state index in [9.17, 15) is 26.4 Å². The lowest BCUT2D eigenvalue weighted by molar-refractivity contribution is -0.137. The lowest BCUT2D eigenvalue weighted by atomic mass is 10.1. The summed E-state index contributed by atoms with van der Waals surface area (Å²) in [5.41, 5.74) is 0.596. The van der Waals surface area contributed by atoms with Crippen molar-refractivity contribution in [2.75, 3.05) is 16.2 Å². The number of alkyl halides is 3. The molecule has 0 saturated carbocycles. The predicted molar refractivity (Wildman–Crippen MR) is 122 cm³/mol. The smallest absolute Gasteiger partial charge is 0.324 e. The second-order valence-electron chi connectivity index (χ2n) is 7.44. The SMILES string of the molecule is CCc1ccc(N(CC(=O)Nc2ccccc2C(F)(F)F)S(=O)(=O)c2ccc(C)cc2)cc1. The summed E-state index contributed by atoms with van der Waals surface area (Å²) in [6, 6.07) is 17.3. The Hall–Kier alpha value is -3.33. The zero-order chi connectivity index (χ0) is 24.2. The monoisotopic (exact) mass is 476 g/mol. The Labute approximate surface area is 190 Å². The quantitative estimate of drug-likeness (QED) is 0.496. The third-order valence-electron chi connectivity index (χ3n) is 5.04. The summed E-state index contributed by atoms with van der Waals surface area (Å²) < 4.78 is 67.5. The minimum absolute atomic E-state index is 0.0313. The van der Waals surface area contributed by atoms with Crippen molar-refractivity contribution < 1.29 is 26.4 Å². The van der Waals surface area contributed by atoms with Gasteiger partial charge in [-0.2, -0.15) is 13.2 Å². The van der Waals surface area contributed by atoms with Gasteiger partial charge in [-0.15, -0.1) is 0 Å². The highest BCUT2D eigenvalue weighted by Crippen LogP contribution is 2.34. The van der Waals surface area contributed by atoms with Gasteiger partial charge in [0.2, 0.25) is 5.91 Å². The van der Waals surface area contributed by atoms with Crippen molar-refractivity contribution in [2.24, 2.45) is 0 Å². The summed E-state index contributed by atoms with van der Waals surface area (Å²) in [6.07, 6.45) is -3.94. The van der Waals surface area contributed by atoms with Crippen molar-refractivity contribution in [1.82, 2.24) is 0 Å². The number of para-hydroxylation sites is 1. The molecule has 1 amide bonds. The molecule has 0 fully saturated rings. The molecular formula is C24H23F3N2O3S. The van der Waals surface area contributed by atoms with Gasteiger partial charge in [0.25, 0.3) is 10.0 Å². The van der Waals surface area contributed by atoms with E-state index < -0.39 is 39.9 Å². The van der Waals surface area contributed by atoms with Crippen LogP contribution in [0, 0.1) is 6.92 Å². The summed E-state index contributed by atoms with van der Waals surface area (Å²) in [5, 5.41) is 2.21. The second kappa shape index (κ2) is 9.66. The summed E-state index contributed by atoms with van der Waals surface area (Å²) in [4.78, 5) is 12.7. The molecule has 0 bridgehead atoms. The maximum absolute atomic E-state index is 13.4. The number of benzene rings is 3. The Bertz CT molecular complexity index is 1220. The van der Waals surface area contributed by atoms with E-state index in [0.29, 0.717) is 0 Å². The number of anilines is 2. The molecule has 0 heterocycles. The molecule has 0 aromatic heterocycles. The summed E-state index contributed by atoms with van der Waals surface area (Å²) in [7, 11) is -4.17. The number of carbonyl (C=O) groups is 1. The molecule has 5 nitrogen and oxygen atoms in total. The zero-order valence-electron chi connectivity index (χ0n) is 18.1. The van der Waals surface area contributed by atoms with E-state index in [2.05, 4.69) is 5.32 Å². The van der Waals surface area contributed by atoms with E-state index in [-0.39, 0.29) is 10.6 Å². The first-order valence-corrected chi connectivity index (χ1v) is 11.6. The molecule has 0 aliphatic heterocycles. The van der Waals surface area contributed by atoms with Gasteiger partial charge in [0.15, 0.2) is 0 Å². The van der Waals surface area contributed by atoms with Crippen molar-refractivity contribution in [1.29, 1.82) is 0 Å². The van der Waals surface area contributed by atoms with E-state index in [1.807, 2.05) is 13.8 Å². The number of rotatable bonds is 7. The van der Waals surface area contributed by atoms with Crippen LogP contribution in [0.2, 0.25) is 0 Å². The highest BCUT2D eigenvalue weighted by Gasteiger charge is 2.34. The van der Waals surface area contributed by atoms with Crippen molar-refractivity contribution in [3.05, 3.63) is 89.5 Å². The highest BCUT2D eigenvalue weighted by molar-refractivity contribution is 7.92. The Kier molecular flexibility index (Phi) is 7.12. The molecule has 9 heteroatoms. The molecule has 0 atom stereocenters. The second-order valence-corrected chi connectivity index (χ2v) is 9.30. The fourth-order valence-corrected chi connectivity index (χ4v) is 4.63. The van der Waals surface area contributed by atoms with Gasteiger partial charge in [0, 0.05) is 0 Å². The summed E-state index contributed by atoms with van der Waals surface area (Å²) in [6.45, 7) is 3.05. The fraction of sp³-hybridized carbons (Fsp3) is 0.208. The number of sulfonamides is 1. The topological polar surface area (TPSA) is 66.5 Å². The third kappa shape index (κ3) is 5.73. The van der Waals surface area contributed by atoms with Crippen molar-refractivity contribution >= 4 is 27.3 Å². The van der Waals surface area contributed by atoms with Gasteiger partial charge in [-0.05, 0) is 55.3 Å². The lowest BCUT2D eigenvalue weighted by Crippen LogP contribution is -2.38. The molecule has 33 heavy (non-hydrogen) atoms. The van der Waals surface area contributed by atoms with Gasteiger partial charge in [-0.3, -0.25) is 9.10 Å². The zero-order valence-corrected chi connectivity index (χ0v) is 18.9. The van der Waals surface area contributed by atoms with Crippen LogP contribution in [0.25, 0.3) is 0 Å². The van der Waals surface area contributed by atoms with E-state index in [1.54, 1.807) is 36.4 Å². The molecule has 0 saturated heterocycles. The minimum atomic E-state index is -4.67. The van der Waals surface area contributed by atoms with Crippen LogP contribution in [0.5, 0.6) is 0 Å². The Morgan fingerprint density at radius 2 is 1.55 bits per heavy atom. The standard InChI is InChI=1S/C24H23F3N2O3S/c1-3-18-10-12-19(13-11-18)29(33(31,32)20-14-8-17(2)9-15-20)16-23(30)28-22-7-5-4-6-21(22)24(25,26)27/h4-15H,3,16H2,1-2H3,(H,28,30). The van der Waals surface area contributed by atoms with Crippen molar-refractivity contribution in [3.8, 4) is 0 Å². The number of nitrogens with one attached hydrogen (secondary N) is 1. The number of hydrogen-bond donors (Lipinski definition) is 1. The molecule has 3 aromatic rings. The van der Waals surface area contributed by atoms with Crippen LogP contribution in [-0.2, 0) is 27.4 Å². The molecule has 0 spiro atoms. The molecule has 174 valence electrons. The van der Waals surface area contributed by atoms with E-state index >= 15 is 0 Å². The van der Waals surface area contributed by atoms with E-state index in [4.69, 9.17) is 0 Å². The van der Waals surface area contributed by atoms with Gasteiger partial charge in [0.05, 0.1) is 21.8 Å². The first-order chi connectivity index (χ1) is 15.5. The number of carbonyl (C=O) groups excluding carboxylic acids is 1. The van der Waals surface area contributed by atoms with E-state index in [1.165, 1.54) is 24.3 Å². The van der Waals surface area contributed by atoms with Crippen LogP contribution in [0.3, 0.4) is 0 Å². The predicted octanol–water partition coefficient (Wildman–Crippen LogP) is 5.41. The molecule has 0 aliphatic carbocycles. The fourth-order valence-electron chi connectivity index (χ4n) is 3.21. The van der Waals surface area contributed by atoms with Gasteiger partial charge < -0.3 is 5.32 Å². The first-order valence-electron chi connectivity index (χ1n) is 10.2. The van der Waals surface area contributed by atoms with Crippen LogP contribution < -0.4 is 9.62 Å². The summed E-state index contributed by atoms with van der Waals surface area (Å²) in [5.74, 6) is -0.901. The summed E-state index contributed by atoms with van der Waals surface area (Å²) >= 11 is 0. The average Bonchev–Trinajstić information content (AvgIpc) is 2.77. The maximum Gasteiger partial charge on any atom is 0.418 e. The third-order valence-corrected chi connectivity index (χ3v) is 6.82. The van der Waals surface area contributed by atoms with Gasteiger partial charge in [0.1, 0.15) is 6.54 Å². The Morgan fingerprint density at radius 1 is 0.939 bits per heavy atom. The van der Waals surface area contributed by atoms with Crippen LogP contribution in [-0.4, -0.2) is 20.9 Å². The molecule has 0 aliphatic rings. The van der Waals surface area contributed by atoms with Crippen LogP contribution in [0.4, 0.5) is 24.5 Å². The van der Waals surface area contributed by atoms with Gasteiger partial charge >= 0.3 is 6.18 Å².